The Kier molecular flexibility index (Phi) is 5.25. The normalized spacial score (nSPS) is 11.4. The first-order valence-electron chi connectivity index (χ1n) is 9.56. The monoisotopic (exact) mass is 429 g/mol. The molecule has 0 aliphatic rings. The summed E-state index contributed by atoms with van der Waals surface area (Å²) in [4.78, 5) is 38.3. The average Bonchev–Trinajstić information content (AvgIpc) is 3.30. The maximum atomic E-state index is 14.0. The minimum Gasteiger partial charge on any atom is -0.322 e. The van der Waals surface area contributed by atoms with E-state index in [0.29, 0.717) is 16.8 Å². The Morgan fingerprint density at radius 1 is 1.27 bits per heavy atom. The molecule has 0 bridgehead atoms. The van der Waals surface area contributed by atoms with Crippen LogP contribution in [-0.4, -0.2) is 24.7 Å². The van der Waals surface area contributed by atoms with Gasteiger partial charge >= 0.3 is 5.69 Å². The summed E-state index contributed by atoms with van der Waals surface area (Å²) in [6.45, 7) is 3.77. The maximum Gasteiger partial charge on any atom is 0.352 e. The average molecular weight is 429 g/mol. The number of fused-ring (bicyclic) bond motifs is 3. The molecule has 0 unspecified atom stereocenters. The minimum atomic E-state index is -0.590. The zero-order valence-electron chi connectivity index (χ0n) is 16.5. The van der Waals surface area contributed by atoms with E-state index < -0.39 is 24.0 Å². The van der Waals surface area contributed by atoms with Gasteiger partial charge in [-0.25, -0.2) is 18.3 Å². The lowest BCUT2D eigenvalue weighted by Crippen LogP contribution is -2.29. The van der Waals surface area contributed by atoms with E-state index in [9.17, 15) is 18.8 Å². The van der Waals surface area contributed by atoms with Gasteiger partial charge in [0, 0.05) is 6.54 Å². The number of carbonyl (C=O) groups is 1. The lowest BCUT2D eigenvalue weighted by Gasteiger charge is -2.06. The van der Waals surface area contributed by atoms with Crippen molar-refractivity contribution in [2.75, 3.05) is 5.32 Å². The highest BCUT2D eigenvalue weighted by molar-refractivity contribution is 7.17. The molecule has 0 spiro atoms. The Balaban J connectivity index is 1.75. The summed E-state index contributed by atoms with van der Waals surface area (Å²) >= 11 is 1.26. The van der Waals surface area contributed by atoms with E-state index in [0.717, 1.165) is 23.1 Å². The van der Waals surface area contributed by atoms with Crippen LogP contribution in [-0.2, 0) is 17.9 Å². The van der Waals surface area contributed by atoms with Crippen LogP contribution in [0, 0.1) is 12.7 Å². The first-order valence-corrected chi connectivity index (χ1v) is 10.4. The van der Waals surface area contributed by atoms with Crippen LogP contribution < -0.4 is 16.6 Å². The molecule has 1 N–H and O–H groups in total. The third kappa shape index (κ3) is 3.43. The Morgan fingerprint density at radius 3 is 2.80 bits per heavy atom. The van der Waals surface area contributed by atoms with Gasteiger partial charge in [-0.3, -0.25) is 14.2 Å². The Morgan fingerprint density at radius 2 is 2.07 bits per heavy atom. The number of rotatable bonds is 6. The summed E-state index contributed by atoms with van der Waals surface area (Å²) < 4.78 is 18.3. The molecule has 0 saturated heterocycles. The van der Waals surface area contributed by atoms with Gasteiger partial charge in [0.1, 0.15) is 17.1 Å². The number of aromatic nitrogens is 4. The van der Waals surface area contributed by atoms with Crippen LogP contribution in [0.4, 0.5) is 10.1 Å². The SMILES string of the molecule is CCCCn1c(=O)c2sccc2n2c(=O)n(CC(=O)Nc3ccc(C)cc3F)nc12. The van der Waals surface area contributed by atoms with Gasteiger partial charge in [0.25, 0.3) is 5.56 Å². The highest BCUT2D eigenvalue weighted by atomic mass is 32.1. The van der Waals surface area contributed by atoms with E-state index in [2.05, 4.69) is 10.4 Å². The number of amides is 1. The third-order valence-electron chi connectivity index (χ3n) is 4.82. The van der Waals surface area contributed by atoms with Gasteiger partial charge in [-0.15, -0.1) is 16.4 Å². The number of aryl methyl sites for hydroxylation is 2. The van der Waals surface area contributed by atoms with Crippen molar-refractivity contribution in [3.63, 3.8) is 0 Å². The van der Waals surface area contributed by atoms with Crippen LogP contribution in [0.2, 0.25) is 0 Å². The topological polar surface area (TPSA) is 90.4 Å². The molecular weight excluding hydrogens is 409 g/mol. The van der Waals surface area contributed by atoms with E-state index in [4.69, 9.17) is 0 Å². The molecule has 3 heterocycles. The van der Waals surface area contributed by atoms with Gasteiger partial charge in [0.2, 0.25) is 11.7 Å². The Hall–Kier alpha value is -3.27. The second-order valence-electron chi connectivity index (χ2n) is 7.05. The first kappa shape index (κ1) is 20.0. The molecule has 1 amide bonds. The predicted molar refractivity (Wildman–Crippen MR) is 114 cm³/mol. The van der Waals surface area contributed by atoms with Crippen molar-refractivity contribution >= 4 is 38.9 Å². The highest BCUT2D eigenvalue weighted by Crippen LogP contribution is 2.18. The van der Waals surface area contributed by atoms with Crippen molar-refractivity contribution in [2.24, 2.45) is 0 Å². The lowest BCUT2D eigenvalue weighted by molar-refractivity contribution is -0.117. The molecular formula is C20H20FN5O3S. The summed E-state index contributed by atoms with van der Waals surface area (Å²) in [6.07, 6.45) is 1.62. The number of nitrogens with one attached hydrogen (secondary N) is 1. The maximum absolute atomic E-state index is 14.0. The Labute approximate surface area is 174 Å². The van der Waals surface area contributed by atoms with Gasteiger partial charge in [-0.05, 0) is 42.5 Å². The van der Waals surface area contributed by atoms with Crippen molar-refractivity contribution in [1.29, 1.82) is 0 Å². The smallest absolute Gasteiger partial charge is 0.322 e. The third-order valence-corrected chi connectivity index (χ3v) is 5.71. The molecule has 0 aliphatic carbocycles. The fraction of sp³-hybridized carbons (Fsp3) is 0.300. The number of benzene rings is 1. The summed E-state index contributed by atoms with van der Waals surface area (Å²) in [6, 6.07) is 6.14. The molecule has 8 nitrogen and oxygen atoms in total. The summed E-state index contributed by atoms with van der Waals surface area (Å²) in [5.74, 6) is -0.954. The van der Waals surface area contributed by atoms with Gasteiger partial charge in [-0.2, -0.15) is 0 Å². The molecule has 0 radical (unpaired) electrons. The number of halogens is 1. The van der Waals surface area contributed by atoms with E-state index in [1.165, 1.54) is 32.4 Å². The zero-order chi connectivity index (χ0) is 21.4. The minimum absolute atomic E-state index is 0.0301. The quantitative estimate of drug-likeness (QED) is 0.510. The van der Waals surface area contributed by atoms with Crippen LogP contribution in [0.5, 0.6) is 0 Å². The first-order chi connectivity index (χ1) is 14.4. The lowest BCUT2D eigenvalue weighted by atomic mass is 10.2. The molecule has 0 atom stereocenters. The second-order valence-corrected chi connectivity index (χ2v) is 7.97. The van der Waals surface area contributed by atoms with Crippen molar-refractivity contribution in [3.05, 3.63) is 61.9 Å². The van der Waals surface area contributed by atoms with Crippen molar-refractivity contribution < 1.29 is 9.18 Å². The molecule has 10 heteroatoms. The van der Waals surface area contributed by atoms with Gasteiger partial charge in [0.15, 0.2) is 0 Å². The van der Waals surface area contributed by atoms with Crippen molar-refractivity contribution in [3.8, 4) is 0 Å². The van der Waals surface area contributed by atoms with Crippen LogP contribution in [0.25, 0.3) is 16.0 Å². The van der Waals surface area contributed by atoms with Crippen LogP contribution in [0.3, 0.4) is 0 Å². The zero-order valence-corrected chi connectivity index (χ0v) is 17.3. The number of carbonyl (C=O) groups excluding carboxylic acids is 1. The molecule has 4 aromatic rings. The van der Waals surface area contributed by atoms with Crippen LogP contribution >= 0.6 is 11.3 Å². The van der Waals surface area contributed by atoms with Crippen LogP contribution in [0.15, 0.2) is 39.2 Å². The second kappa shape index (κ2) is 7.86. The molecule has 0 fully saturated rings. The Bertz CT molecular complexity index is 1380. The summed E-state index contributed by atoms with van der Waals surface area (Å²) in [7, 11) is 0. The molecule has 3 aromatic heterocycles. The molecule has 1 aromatic carbocycles. The number of thiophene rings is 1. The van der Waals surface area contributed by atoms with E-state index in [1.807, 2.05) is 6.92 Å². The highest BCUT2D eigenvalue weighted by Gasteiger charge is 2.19. The number of nitrogens with zero attached hydrogens (tertiary/aromatic N) is 4. The standard InChI is InChI=1S/C20H20FN5O3S/c1-3-4-8-24-18(28)17-15(7-9-30-17)26-19(24)23-25(20(26)29)11-16(27)22-14-6-5-12(2)10-13(14)21/h5-7,9-10H,3-4,8,11H2,1-2H3,(H,22,27). The van der Waals surface area contributed by atoms with E-state index >= 15 is 0 Å². The molecule has 0 aliphatic heterocycles. The number of hydrogen-bond donors (Lipinski definition) is 1. The van der Waals surface area contributed by atoms with Gasteiger partial charge in [-0.1, -0.05) is 19.4 Å². The summed E-state index contributed by atoms with van der Waals surface area (Å²) in [5.41, 5.74) is 0.492. The molecule has 156 valence electrons. The fourth-order valence-electron chi connectivity index (χ4n) is 3.30. The molecule has 30 heavy (non-hydrogen) atoms. The van der Waals surface area contributed by atoms with Crippen LogP contribution in [0.1, 0.15) is 25.3 Å². The number of anilines is 1. The van der Waals surface area contributed by atoms with Crippen molar-refractivity contribution in [1.82, 2.24) is 18.7 Å². The molecule has 4 rings (SSSR count). The molecule has 0 saturated carbocycles. The fourth-order valence-corrected chi connectivity index (χ4v) is 4.13. The van der Waals surface area contributed by atoms with Crippen molar-refractivity contribution in [2.45, 2.75) is 39.8 Å². The van der Waals surface area contributed by atoms with E-state index in [-0.39, 0.29) is 17.0 Å². The van der Waals surface area contributed by atoms with Gasteiger partial charge in [0.05, 0.1) is 11.2 Å². The summed E-state index contributed by atoms with van der Waals surface area (Å²) in [5, 5.41) is 8.46. The predicted octanol–water partition coefficient (Wildman–Crippen LogP) is 2.76. The largest absolute Gasteiger partial charge is 0.352 e. The van der Waals surface area contributed by atoms with E-state index in [1.54, 1.807) is 24.4 Å². The number of unbranched alkanes of at least 4 members (excludes halogenated alkanes) is 1. The van der Waals surface area contributed by atoms with Gasteiger partial charge < -0.3 is 5.32 Å². The number of hydrogen-bond acceptors (Lipinski definition) is 5.